The third-order valence-electron chi connectivity index (χ3n) is 4.10. The quantitative estimate of drug-likeness (QED) is 0.481. The van der Waals surface area contributed by atoms with Crippen molar-refractivity contribution in [1.29, 1.82) is 0 Å². The van der Waals surface area contributed by atoms with Crippen LogP contribution in [-0.4, -0.2) is 25.1 Å². The number of rotatable bonds is 7. The standard InChI is InChI=1S/C21H18BrClN2O3S/c22-17-5-3-4-16(12-17)14-29(27,28)15-21(26)25(13-19-6-1-2-11-24-19)20-9-7-18(23)8-10-20/h1-12H,13-15H2. The van der Waals surface area contributed by atoms with Gasteiger partial charge in [0.15, 0.2) is 9.84 Å². The van der Waals surface area contributed by atoms with E-state index in [0.717, 1.165) is 4.47 Å². The second-order valence-corrected chi connectivity index (χ2v) is 9.86. The van der Waals surface area contributed by atoms with Crippen molar-refractivity contribution in [2.75, 3.05) is 10.7 Å². The summed E-state index contributed by atoms with van der Waals surface area (Å²) >= 11 is 9.28. The summed E-state index contributed by atoms with van der Waals surface area (Å²) in [5.41, 5.74) is 1.83. The maximum atomic E-state index is 13.0. The Kier molecular flexibility index (Phi) is 7.05. The molecule has 3 rings (SSSR count). The Balaban J connectivity index is 1.82. The first kappa shape index (κ1) is 21.5. The summed E-state index contributed by atoms with van der Waals surface area (Å²) in [5.74, 6) is -1.33. The van der Waals surface area contributed by atoms with Crippen molar-refractivity contribution >= 4 is 49.0 Å². The van der Waals surface area contributed by atoms with E-state index in [4.69, 9.17) is 11.6 Å². The fourth-order valence-corrected chi connectivity index (χ4v) is 4.69. The van der Waals surface area contributed by atoms with Crippen LogP contribution >= 0.6 is 27.5 Å². The molecule has 0 saturated heterocycles. The van der Waals surface area contributed by atoms with E-state index < -0.39 is 21.5 Å². The lowest BCUT2D eigenvalue weighted by Crippen LogP contribution is -2.36. The summed E-state index contributed by atoms with van der Waals surface area (Å²) in [6, 6.07) is 19.1. The molecule has 0 atom stereocenters. The topological polar surface area (TPSA) is 67.3 Å². The second kappa shape index (κ2) is 9.52. The van der Waals surface area contributed by atoms with Crippen LogP contribution in [0.15, 0.2) is 77.4 Å². The molecule has 5 nitrogen and oxygen atoms in total. The van der Waals surface area contributed by atoms with Crippen LogP contribution in [0.4, 0.5) is 5.69 Å². The third kappa shape index (κ3) is 6.39. The average Bonchev–Trinajstić information content (AvgIpc) is 2.67. The number of carbonyl (C=O) groups is 1. The highest BCUT2D eigenvalue weighted by Gasteiger charge is 2.24. The summed E-state index contributed by atoms with van der Waals surface area (Å²) in [7, 11) is -3.66. The number of pyridine rings is 1. The number of halogens is 2. The van der Waals surface area contributed by atoms with Gasteiger partial charge in [0.05, 0.1) is 18.0 Å². The van der Waals surface area contributed by atoms with Crippen LogP contribution in [0, 0.1) is 0 Å². The largest absolute Gasteiger partial charge is 0.306 e. The zero-order valence-corrected chi connectivity index (χ0v) is 18.5. The van der Waals surface area contributed by atoms with Gasteiger partial charge in [-0.1, -0.05) is 45.7 Å². The van der Waals surface area contributed by atoms with Gasteiger partial charge in [0, 0.05) is 21.4 Å². The Bertz CT molecular complexity index is 1090. The smallest absolute Gasteiger partial charge is 0.242 e. The SMILES string of the molecule is O=C(CS(=O)(=O)Cc1cccc(Br)c1)N(Cc1ccccn1)c1ccc(Cl)cc1. The van der Waals surface area contributed by atoms with E-state index in [1.807, 2.05) is 12.1 Å². The van der Waals surface area contributed by atoms with Gasteiger partial charge >= 0.3 is 0 Å². The molecule has 0 radical (unpaired) electrons. The van der Waals surface area contributed by atoms with Gasteiger partial charge < -0.3 is 4.90 Å². The number of amides is 1. The molecule has 0 bridgehead atoms. The molecular formula is C21H18BrClN2O3S. The Morgan fingerprint density at radius 1 is 1.03 bits per heavy atom. The minimum atomic E-state index is -3.66. The van der Waals surface area contributed by atoms with Gasteiger partial charge in [-0.15, -0.1) is 0 Å². The molecule has 0 N–H and O–H groups in total. The molecule has 29 heavy (non-hydrogen) atoms. The molecule has 0 saturated carbocycles. The first-order valence-electron chi connectivity index (χ1n) is 8.73. The number of sulfone groups is 1. The van der Waals surface area contributed by atoms with Crippen molar-refractivity contribution in [3.63, 3.8) is 0 Å². The summed E-state index contributed by atoms with van der Waals surface area (Å²) in [6.07, 6.45) is 1.63. The Morgan fingerprint density at radius 3 is 2.45 bits per heavy atom. The van der Waals surface area contributed by atoms with E-state index in [1.54, 1.807) is 60.8 Å². The van der Waals surface area contributed by atoms with E-state index in [0.29, 0.717) is 22.0 Å². The van der Waals surface area contributed by atoms with Gasteiger partial charge in [-0.05, 0) is 54.1 Å². The summed E-state index contributed by atoms with van der Waals surface area (Å²) in [5, 5.41) is 0.529. The van der Waals surface area contributed by atoms with Gasteiger partial charge in [-0.25, -0.2) is 8.42 Å². The van der Waals surface area contributed by atoms with Crippen LogP contribution in [0.1, 0.15) is 11.3 Å². The van der Waals surface area contributed by atoms with Crippen LogP contribution in [-0.2, 0) is 26.9 Å². The van der Waals surface area contributed by atoms with Crippen LogP contribution in [0.2, 0.25) is 5.02 Å². The normalized spacial score (nSPS) is 11.2. The van der Waals surface area contributed by atoms with Gasteiger partial charge in [0.2, 0.25) is 5.91 Å². The molecule has 0 unspecified atom stereocenters. The lowest BCUT2D eigenvalue weighted by Gasteiger charge is -2.23. The van der Waals surface area contributed by atoms with E-state index in [2.05, 4.69) is 20.9 Å². The number of carbonyl (C=O) groups excluding carboxylic acids is 1. The average molecular weight is 494 g/mol. The first-order chi connectivity index (χ1) is 13.8. The summed E-state index contributed by atoms with van der Waals surface area (Å²) in [4.78, 5) is 18.6. The minimum absolute atomic E-state index is 0.160. The van der Waals surface area contributed by atoms with Crippen LogP contribution < -0.4 is 4.90 Å². The van der Waals surface area contributed by atoms with Crippen LogP contribution in [0.3, 0.4) is 0 Å². The molecule has 2 aromatic carbocycles. The monoisotopic (exact) mass is 492 g/mol. The van der Waals surface area contributed by atoms with Crippen LogP contribution in [0.5, 0.6) is 0 Å². The molecular weight excluding hydrogens is 476 g/mol. The molecule has 0 aliphatic carbocycles. The molecule has 0 aliphatic rings. The molecule has 1 aromatic heterocycles. The molecule has 3 aromatic rings. The number of aromatic nitrogens is 1. The molecule has 8 heteroatoms. The number of hydrogen-bond acceptors (Lipinski definition) is 4. The predicted octanol–water partition coefficient (Wildman–Crippen LogP) is 4.65. The molecule has 0 spiro atoms. The fourth-order valence-electron chi connectivity index (χ4n) is 2.80. The van der Waals surface area contributed by atoms with Crippen molar-refractivity contribution in [1.82, 2.24) is 4.98 Å². The number of hydrogen-bond donors (Lipinski definition) is 0. The van der Waals surface area contributed by atoms with E-state index >= 15 is 0 Å². The number of anilines is 1. The number of nitrogens with zero attached hydrogens (tertiary/aromatic N) is 2. The van der Waals surface area contributed by atoms with Gasteiger partial charge in [0.1, 0.15) is 5.75 Å². The lowest BCUT2D eigenvalue weighted by molar-refractivity contribution is -0.116. The highest BCUT2D eigenvalue weighted by Crippen LogP contribution is 2.21. The van der Waals surface area contributed by atoms with Crippen molar-refractivity contribution in [2.24, 2.45) is 0 Å². The van der Waals surface area contributed by atoms with Crippen LogP contribution in [0.25, 0.3) is 0 Å². The van der Waals surface area contributed by atoms with Crippen molar-refractivity contribution < 1.29 is 13.2 Å². The Hall–Kier alpha value is -2.22. The third-order valence-corrected chi connectivity index (χ3v) is 6.31. The van der Waals surface area contributed by atoms with Gasteiger partial charge in [0.25, 0.3) is 0 Å². The van der Waals surface area contributed by atoms with Crippen molar-refractivity contribution in [3.8, 4) is 0 Å². The maximum absolute atomic E-state index is 13.0. The lowest BCUT2D eigenvalue weighted by atomic mass is 10.2. The Labute approximate surface area is 183 Å². The van der Waals surface area contributed by atoms with E-state index in [9.17, 15) is 13.2 Å². The van der Waals surface area contributed by atoms with Crippen molar-refractivity contribution in [3.05, 3.63) is 93.7 Å². The zero-order chi connectivity index (χ0) is 20.9. The predicted molar refractivity (Wildman–Crippen MR) is 119 cm³/mol. The highest BCUT2D eigenvalue weighted by molar-refractivity contribution is 9.10. The molecule has 1 amide bonds. The van der Waals surface area contributed by atoms with Crippen molar-refractivity contribution in [2.45, 2.75) is 12.3 Å². The second-order valence-electron chi connectivity index (χ2n) is 6.44. The van der Waals surface area contributed by atoms with E-state index in [1.165, 1.54) is 4.90 Å². The summed E-state index contributed by atoms with van der Waals surface area (Å²) in [6.45, 7) is 0.160. The Morgan fingerprint density at radius 2 is 1.79 bits per heavy atom. The number of benzene rings is 2. The molecule has 0 aliphatic heterocycles. The molecule has 1 heterocycles. The first-order valence-corrected chi connectivity index (χ1v) is 11.7. The molecule has 0 fully saturated rings. The minimum Gasteiger partial charge on any atom is -0.306 e. The van der Waals surface area contributed by atoms with E-state index in [-0.39, 0.29) is 12.3 Å². The maximum Gasteiger partial charge on any atom is 0.242 e. The van der Waals surface area contributed by atoms with Gasteiger partial charge in [-0.3, -0.25) is 9.78 Å². The highest BCUT2D eigenvalue weighted by atomic mass is 79.9. The van der Waals surface area contributed by atoms with Gasteiger partial charge in [-0.2, -0.15) is 0 Å². The zero-order valence-electron chi connectivity index (χ0n) is 15.3. The summed E-state index contributed by atoms with van der Waals surface area (Å²) < 4.78 is 26.1. The fraction of sp³-hybridized carbons (Fsp3) is 0.143. The molecule has 150 valence electrons.